The van der Waals surface area contributed by atoms with Crippen molar-refractivity contribution < 1.29 is 0 Å². The van der Waals surface area contributed by atoms with Crippen LogP contribution in [0.5, 0.6) is 0 Å². The summed E-state index contributed by atoms with van der Waals surface area (Å²) < 4.78 is 0.874. The summed E-state index contributed by atoms with van der Waals surface area (Å²) in [5, 5.41) is 3.19. The predicted molar refractivity (Wildman–Crippen MR) is 54.8 cm³/mol. The molecule has 0 fully saturated rings. The van der Waals surface area contributed by atoms with Crippen molar-refractivity contribution in [3.8, 4) is 0 Å². The second-order valence-electron chi connectivity index (χ2n) is 2.09. The average molecular weight is 255 g/mol. The lowest BCUT2D eigenvalue weighted by molar-refractivity contribution is 0.786. The van der Waals surface area contributed by atoms with E-state index in [1.165, 1.54) is 4.88 Å². The average Bonchev–Trinajstić information content (AvgIpc) is 2.37. The number of rotatable bonds is 4. The fraction of sp³-hybridized carbons (Fsp3) is 0.429. The molecule has 1 N–H and O–H groups in total. The fourth-order valence-corrected chi connectivity index (χ4v) is 2.13. The van der Waals surface area contributed by atoms with Crippen LogP contribution in [0.25, 0.3) is 0 Å². The third-order valence-corrected chi connectivity index (χ3v) is 2.96. The zero-order valence-electron chi connectivity index (χ0n) is 5.94. The molecule has 0 bridgehead atoms. The monoisotopic (exact) mass is 253 g/mol. The highest BCUT2D eigenvalue weighted by atomic mass is 79.9. The maximum Gasteiger partial charge on any atom is 0.0931 e. The molecule has 0 aromatic carbocycles. The molecular formula is C7H9BrClNS. The maximum absolute atomic E-state index is 5.76. The molecule has 0 saturated carbocycles. The SMILES string of the molecule is Clc1ccc(CCNCBr)s1. The Morgan fingerprint density at radius 1 is 1.55 bits per heavy atom. The minimum absolute atomic E-state index is 0.853. The molecule has 0 atom stereocenters. The first-order valence-electron chi connectivity index (χ1n) is 3.34. The van der Waals surface area contributed by atoms with E-state index in [0.717, 1.165) is 22.8 Å². The predicted octanol–water partition coefficient (Wildman–Crippen LogP) is 2.89. The van der Waals surface area contributed by atoms with Crippen molar-refractivity contribution in [2.75, 3.05) is 12.0 Å². The molecule has 0 radical (unpaired) electrons. The molecule has 0 aliphatic heterocycles. The van der Waals surface area contributed by atoms with Crippen LogP contribution in [0.1, 0.15) is 4.88 Å². The highest BCUT2D eigenvalue weighted by Crippen LogP contribution is 2.21. The van der Waals surface area contributed by atoms with Crippen LogP contribution in [0, 0.1) is 0 Å². The Bertz CT molecular complexity index is 214. The molecule has 1 heterocycles. The zero-order chi connectivity index (χ0) is 8.10. The molecule has 0 saturated heterocycles. The van der Waals surface area contributed by atoms with Crippen LogP contribution in [-0.2, 0) is 6.42 Å². The summed E-state index contributed by atoms with van der Waals surface area (Å²) in [5.74, 6) is 0. The third kappa shape index (κ3) is 3.56. The van der Waals surface area contributed by atoms with Gasteiger partial charge in [-0.25, -0.2) is 0 Å². The second kappa shape index (κ2) is 5.14. The lowest BCUT2D eigenvalue weighted by atomic mass is 10.3. The number of hydrogen-bond donors (Lipinski definition) is 1. The molecule has 0 unspecified atom stereocenters. The quantitative estimate of drug-likeness (QED) is 0.495. The molecule has 1 rings (SSSR count). The van der Waals surface area contributed by atoms with E-state index < -0.39 is 0 Å². The van der Waals surface area contributed by atoms with E-state index >= 15 is 0 Å². The number of halogens is 2. The van der Waals surface area contributed by atoms with Gasteiger partial charge in [0, 0.05) is 11.4 Å². The Balaban J connectivity index is 2.27. The standard InChI is InChI=1S/C7H9BrClNS/c8-5-10-4-3-6-1-2-7(9)11-6/h1-2,10H,3-5H2. The Labute approximate surface area is 83.9 Å². The minimum Gasteiger partial charge on any atom is -0.307 e. The first kappa shape index (κ1) is 9.52. The van der Waals surface area contributed by atoms with Gasteiger partial charge in [0.1, 0.15) is 0 Å². The van der Waals surface area contributed by atoms with E-state index in [2.05, 4.69) is 27.3 Å². The van der Waals surface area contributed by atoms with Crippen LogP contribution < -0.4 is 5.32 Å². The van der Waals surface area contributed by atoms with Crippen molar-refractivity contribution in [1.82, 2.24) is 5.32 Å². The van der Waals surface area contributed by atoms with E-state index in [0.29, 0.717) is 0 Å². The van der Waals surface area contributed by atoms with Gasteiger partial charge in [0.15, 0.2) is 0 Å². The summed E-state index contributed by atoms with van der Waals surface area (Å²) in [4.78, 5) is 1.34. The Hall–Kier alpha value is 0.430. The van der Waals surface area contributed by atoms with Crippen molar-refractivity contribution in [3.05, 3.63) is 21.3 Å². The normalized spacial score (nSPS) is 10.4. The summed E-state index contributed by atoms with van der Waals surface area (Å²) in [6, 6.07) is 4.01. The molecule has 11 heavy (non-hydrogen) atoms. The maximum atomic E-state index is 5.76. The summed E-state index contributed by atoms with van der Waals surface area (Å²) in [5.41, 5.74) is 0.853. The van der Waals surface area contributed by atoms with Gasteiger partial charge in [-0.3, -0.25) is 0 Å². The van der Waals surface area contributed by atoms with Gasteiger partial charge in [0.25, 0.3) is 0 Å². The van der Waals surface area contributed by atoms with Gasteiger partial charge < -0.3 is 5.32 Å². The fourth-order valence-electron chi connectivity index (χ4n) is 0.765. The van der Waals surface area contributed by atoms with Gasteiger partial charge in [-0.2, -0.15) is 0 Å². The molecule has 0 aliphatic rings. The molecule has 62 valence electrons. The zero-order valence-corrected chi connectivity index (χ0v) is 9.10. The molecule has 1 aromatic rings. The Kier molecular flexibility index (Phi) is 4.45. The van der Waals surface area contributed by atoms with Crippen molar-refractivity contribution in [2.24, 2.45) is 0 Å². The van der Waals surface area contributed by atoms with Crippen LogP contribution in [0.15, 0.2) is 12.1 Å². The number of nitrogens with one attached hydrogen (secondary N) is 1. The van der Waals surface area contributed by atoms with Gasteiger partial charge in [0.05, 0.1) is 9.79 Å². The first-order chi connectivity index (χ1) is 5.33. The molecule has 1 nitrogen and oxygen atoms in total. The van der Waals surface area contributed by atoms with Crippen molar-refractivity contribution in [2.45, 2.75) is 6.42 Å². The highest BCUT2D eigenvalue weighted by Gasteiger charge is 1.95. The van der Waals surface area contributed by atoms with Crippen LogP contribution >= 0.6 is 38.9 Å². The number of thiophene rings is 1. The second-order valence-corrected chi connectivity index (χ2v) is 4.45. The summed E-state index contributed by atoms with van der Waals surface area (Å²) in [6.07, 6.45) is 1.06. The van der Waals surface area contributed by atoms with E-state index in [9.17, 15) is 0 Å². The minimum atomic E-state index is 0.853. The number of alkyl halides is 1. The summed E-state index contributed by atoms with van der Waals surface area (Å²) in [6.45, 7) is 1.00. The van der Waals surface area contributed by atoms with E-state index in [-0.39, 0.29) is 0 Å². The molecule has 0 amide bonds. The third-order valence-electron chi connectivity index (χ3n) is 1.27. The van der Waals surface area contributed by atoms with Crippen molar-refractivity contribution in [1.29, 1.82) is 0 Å². The van der Waals surface area contributed by atoms with E-state index in [1.807, 2.05) is 6.07 Å². The summed E-state index contributed by atoms with van der Waals surface area (Å²) in [7, 11) is 0. The summed E-state index contributed by atoms with van der Waals surface area (Å²) >= 11 is 10.7. The van der Waals surface area contributed by atoms with Gasteiger partial charge in [-0.1, -0.05) is 27.5 Å². The molecular weight excluding hydrogens is 246 g/mol. The largest absolute Gasteiger partial charge is 0.307 e. The van der Waals surface area contributed by atoms with Gasteiger partial charge in [-0.05, 0) is 18.6 Å². The first-order valence-corrected chi connectivity index (χ1v) is 5.65. The van der Waals surface area contributed by atoms with E-state index in [1.54, 1.807) is 11.3 Å². The van der Waals surface area contributed by atoms with E-state index in [4.69, 9.17) is 11.6 Å². The lowest BCUT2D eigenvalue weighted by Crippen LogP contribution is -2.13. The highest BCUT2D eigenvalue weighted by molar-refractivity contribution is 9.09. The topological polar surface area (TPSA) is 12.0 Å². The van der Waals surface area contributed by atoms with Gasteiger partial charge in [0.2, 0.25) is 0 Å². The Morgan fingerprint density at radius 3 is 2.91 bits per heavy atom. The molecule has 4 heteroatoms. The van der Waals surface area contributed by atoms with Crippen molar-refractivity contribution >= 4 is 38.9 Å². The number of hydrogen-bond acceptors (Lipinski definition) is 2. The van der Waals surface area contributed by atoms with Crippen molar-refractivity contribution in [3.63, 3.8) is 0 Å². The van der Waals surface area contributed by atoms with Crippen LogP contribution in [-0.4, -0.2) is 12.0 Å². The molecule has 0 aliphatic carbocycles. The lowest BCUT2D eigenvalue weighted by Gasteiger charge is -1.96. The van der Waals surface area contributed by atoms with Crippen LogP contribution in [0.2, 0.25) is 4.34 Å². The van der Waals surface area contributed by atoms with Crippen LogP contribution in [0.3, 0.4) is 0 Å². The van der Waals surface area contributed by atoms with Crippen LogP contribution in [0.4, 0.5) is 0 Å². The molecule has 1 aromatic heterocycles. The Morgan fingerprint density at radius 2 is 2.36 bits per heavy atom. The van der Waals surface area contributed by atoms with Gasteiger partial charge >= 0.3 is 0 Å². The van der Waals surface area contributed by atoms with Gasteiger partial charge in [-0.15, -0.1) is 11.3 Å². The molecule has 0 spiro atoms. The smallest absolute Gasteiger partial charge is 0.0931 e.